The number of rotatable bonds is 3. The van der Waals surface area contributed by atoms with E-state index in [9.17, 15) is 4.79 Å². The second kappa shape index (κ2) is 5.21. The Morgan fingerprint density at radius 3 is 2.58 bits per heavy atom. The molecule has 0 spiro atoms. The van der Waals surface area contributed by atoms with Crippen molar-refractivity contribution in [1.82, 2.24) is 0 Å². The molecule has 0 aromatic heterocycles. The van der Waals surface area contributed by atoms with E-state index in [2.05, 4.69) is 11.8 Å². The van der Waals surface area contributed by atoms with Crippen LogP contribution < -0.4 is 0 Å². The predicted molar refractivity (Wildman–Crippen MR) is 44.0 cm³/mol. The van der Waals surface area contributed by atoms with E-state index < -0.39 is 11.9 Å². The highest BCUT2D eigenvalue weighted by Crippen LogP contribution is 2.10. The average molecular weight is 165 g/mol. The molecule has 2 unspecified atom stereocenters. The highest BCUT2D eigenvalue weighted by atomic mass is 16.4. The van der Waals surface area contributed by atoms with Crippen molar-refractivity contribution in [1.29, 1.82) is 5.26 Å². The highest BCUT2D eigenvalue weighted by molar-refractivity contribution is 5.73. The zero-order valence-corrected chi connectivity index (χ0v) is 7.16. The van der Waals surface area contributed by atoms with E-state index in [0.29, 0.717) is 6.42 Å². The number of hydrogen-bond donors (Lipinski definition) is 1. The lowest BCUT2D eigenvalue weighted by Crippen LogP contribution is -2.14. The molecule has 0 aliphatic carbocycles. The van der Waals surface area contributed by atoms with E-state index in [0.717, 1.165) is 0 Å². The van der Waals surface area contributed by atoms with Crippen LogP contribution in [-0.2, 0) is 4.79 Å². The molecule has 0 amide bonds. The number of nitriles is 1. The molecule has 0 rings (SSSR count). The van der Waals surface area contributed by atoms with Gasteiger partial charge in [0.05, 0.1) is 6.07 Å². The number of hydrogen-bond acceptors (Lipinski definition) is 2. The molecule has 0 saturated heterocycles. The number of carboxylic acids is 1. The Morgan fingerprint density at radius 2 is 2.25 bits per heavy atom. The standard InChI is InChI=1S/C9H11NO2/c1-3-4-8(9(11)12)5-7(2)6-10/h7-8H,5H2,1-2H3,(H,11,12). The number of nitrogens with zero attached hydrogens (tertiary/aromatic N) is 1. The summed E-state index contributed by atoms with van der Waals surface area (Å²) < 4.78 is 0. The molecule has 3 nitrogen and oxygen atoms in total. The maximum absolute atomic E-state index is 10.5. The van der Waals surface area contributed by atoms with Crippen LogP contribution in [0.25, 0.3) is 0 Å². The fourth-order valence-electron chi connectivity index (χ4n) is 0.802. The molecule has 0 heterocycles. The minimum atomic E-state index is -0.952. The van der Waals surface area contributed by atoms with E-state index >= 15 is 0 Å². The fraction of sp³-hybridized carbons (Fsp3) is 0.556. The smallest absolute Gasteiger partial charge is 0.318 e. The van der Waals surface area contributed by atoms with Crippen molar-refractivity contribution >= 4 is 5.97 Å². The maximum atomic E-state index is 10.5. The van der Waals surface area contributed by atoms with Crippen molar-refractivity contribution in [2.24, 2.45) is 11.8 Å². The summed E-state index contributed by atoms with van der Waals surface area (Å²) in [5.41, 5.74) is 0. The van der Waals surface area contributed by atoms with Crippen molar-refractivity contribution in [3.05, 3.63) is 0 Å². The first kappa shape index (κ1) is 10.5. The second-order valence-electron chi connectivity index (χ2n) is 2.55. The summed E-state index contributed by atoms with van der Waals surface area (Å²) in [7, 11) is 0. The Kier molecular flexibility index (Phi) is 4.57. The lowest BCUT2D eigenvalue weighted by atomic mass is 9.97. The van der Waals surface area contributed by atoms with Gasteiger partial charge in [0.1, 0.15) is 5.92 Å². The van der Waals surface area contributed by atoms with Crippen LogP contribution in [0, 0.1) is 35.0 Å². The largest absolute Gasteiger partial charge is 0.480 e. The van der Waals surface area contributed by atoms with Gasteiger partial charge in [0.15, 0.2) is 0 Å². The second-order valence-corrected chi connectivity index (χ2v) is 2.55. The third-order valence-corrected chi connectivity index (χ3v) is 1.43. The molecule has 0 aliphatic rings. The molecule has 3 heteroatoms. The molecule has 0 radical (unpaired) electrons. The van der Waals surface area contributed by atoms with Crippen LogP contribution in [0.5, 0.6) is 0 Å². The van der Waals surface area contributed by atoms with Gasteiger partial charge >= 0.3 is 5.97 Å². The number of carboxylic acid groups (broad SMARTS) is 1. The van der Waals surface area contributed by atoms with Crippen molar-refractivity contribution in [3.8, 4) is 17.9 Å². The molecule has 1 N–H and O–H groups in total. The Labute approximate surface area is 72.0 Å². The van der Waals surface area contributed by atoms with Gasteiger partial charge in [-0.15, -0.1) is 5.92 Å². The van der Waals surface area contributed by atoms with Gasteiger partial charge in [0.2, 0.25) is 0 Å². The zero-order valence-electron chi connectivity index (χ0n) is 7.16. The first-order valence-corrected chi connectivity index (χ1v) is 3.66. The summed E-state index contributed by atoms with van der Waals surface area (Å²) in [6.07, 6.45) is 0.298. The van der Waals surface area contributed by atoms with Gasteiger partial charge in [0, 0.05) is 5.92 Å². The predicted octanol–water partition coefficient (Wildman–Crippen LogP) is 1.26. The van der Waals surface area contributed by atoms with Crippen LogP contribution in [0.4, 0.5) is 0 Å². The molecule has 12 heavy (non-hydrogen) atoms. The molecule has 64 valence electrons. The van der Waals surface area contributed by atoms with Crippen LogP contribution in [-0.4, -0.2) is 11.1 Å². The minimum Gasteiger partial charge on any atom is -0.480 e. The average Bonchev–Trinajstić information content (AvgIpc) is 2.03. The molecule has 0 aromatic rings. The Balaban J connectivity index is 4.23. The summed E-state index contributed by atoms with van der Waals surface area (Å²) in [5, 5.41) is 17.1. The summed E-state index contributed by atoms with van der Waals surface area (Å²) >= 11 is 0. The zero-order chi connectivity index (χ0) is 9.56. The molecular formula is C9H11NO2. The van der Waals surface area contributed by atoms with Crippen molar-refractivity contribution in [2.45, 2.75) is 20.3 Å². The monoisotopic (exact) mass is 165 g/mol. The van der Waals surface area contributed by atoms with E-state index in [-0.39, 0.29) is 5.92 Å². The van der Waals surface area contributed by atoms with E-state index in [1.807, 2.05) is 6.07 Å². The highest BCUT2D eigenvalue weighted by Gasteiger charge is 2.17. The van der Waals surface area contributed by atoms with Crippen LogP contribution in [0.15, 0.2) is 0 Å². The van der Waals surface area contributed by atoms with Gasteiger partial charge in [-0.2, -0.15) is 5.26 Å². The van der Waals surface area contributed by atoms with Crippen LogP contribution in [0.3, 0.4) is 0 Å². The molecule has 0 aliphatic heterocycles. The van der Waals surface area contributed by atoms with Gasteiger partial charge in [-0.05, 0) is 20.3 Å². The van der Waals surface area contributed by atoms with Crippen LogP contribution in [0.1, 0.15) is 20.3 Å². The van der Waals surface area contributed by atoms with Gasteiger partial charge < -0.3 is 5.11 Å². The topological polar surface area (TPSA) is 61.1 Å². The number of aliphatic carboxylic acids is 1. The summed E-state index contributed by atoms with van der Waals surface area (Å²) in [4.78, 5) is 10.5. The Hall–Kier alpha value is -1.48. The minimum absolute atomic E-state index is 0.257. The first-order chi connectivity index (χ1) is 5.61. The lowest BCUT2D eigenvalue weighted by molar-refractivity contribution is -0.140. The van der Waals surface area contributed by atoms with E-state index in [1.165, 1.54) is 0 Å². The quantitative estimate of drug-likeness (QED) is 0.640. The molecule has 0 saturated carbocycles. The van der Waals surface area contributed by atoms with Gasteiger partial charge in [-0.3, -0.25) is 4.79 Å². The molecular weight excluding hydrogens is 154 g/mol. The number of carbonyl (C=O) groups is 1. The summed E-state index contributed by atoms with van der Waals surface area (Å²) in [5.74, 6) is 3.17. The summed E-state index contributed by atoms with van der Waals surface area (Å²) in [6.45, 7) is 3.28. The summed E-state index contributed by atoms with van der Waals surface area (Å²) in [6, 6.07) is 1.98. The maximum Gasteiger partial charge on any atom is 0.318 e. The molecule has 0 fully saturated rings. The van der Waals surface area contributed by atoms with Crippen LogP contribution in [0.2, 0.25) is 0 Å². The van der Waals surface area contributed by atoms with E-state index in [1.54, 1.807) is 13.8 Å². The molecule has 0 aromatic carbocycles. The van der Waals surface area contributed by atoms with Crippen LogP contribution >= 0.6 is 0 Å². The molecule has 0 bridgehead atoms. The van der Waals surface area contributed by atoms with E-state index in [4.69, 9.17) is 10.4 Å². The van der Waals surface area contributed by atoms with Crippen molar-refractivity contribution in [2.75, 3.05) is 0 Å². The Morgan fingerprint density at radius 1 is 1.67 bits per heavy atom. The third-order valence-electron chi connectivity index (χ3n) is 1.43. The molecule has 2 atom stereocenters. The van der Waals surface area contributed by atoms with Gasteiger partial charge in [0.25, 0.3) is 0 Å². The first-order valence-electron chi connectivity index (χ1n) is 3.66. The fourth-order valence-corrected chi connectivity index (χ4v) is 0.802. The normalized spacial score (nSPS) is 13.4. The van der Waals surface area contributed by atoms with Gasteiger partial charge in [-0.25, -0.2) is 0 Å². The SMILES string of the molecule is CC#CC(CC(C)C#N)C(=O)O. The van der Waals surface area contributed by atoms with Crippen molar-refractivity contribution in [3.63, 3.8) is 0 Å². The lowest BCUT2D eigenvalue weighted by Gasteiger charge is -2.05. The van der Waals surface area contributed by atoms with Crippen molar-refractivity contribution < 1.29 is 9.90 Å². The third kappa shape index (κ3) is 3.63. The van der Waals surface area contributed by atoms with Gasteiger partial charge in [-0.1, -0.05) is 5.92 Å². The Bertz CT molecular complexity index is 254.